The molecule has 0 atom stereocenters. The molecule has 1 heterocycles. The first-order valence-electron chi connectivity index (χ1n) is 9.00. The van der Waals surface area contributed by atoms with Gasteiger partial charge in [-0.25, -0.2) is 0 Å². The van der Waals surface area contributed by atoms with Gasteiger partial charge in [-0.1, -0.05) is 35.9 Å². The summed E-state index contributed by atoms with van der Waals surface area (Å²) in [6.45, 7) is -0.0937. The number of halogens is 1. The fourth-order valence-corrected chi connectivity index (χ4v) is 3.13. The summed E-state index contributed by atoms with van der Waals surface area (Å²) < 4.78 is 7.09. The maximum absolute atomic E-state index is 12.6. The Morgan fingerprint density at radius 1 is 0.931 bits per heavy atom. The summed E-state index contributed by atoms with van der Waals surface area (Å²) in [5.74, 6) is 1.10. The van der Waals surface area contributed by atoms with E-state index in [0.717, 1.165) is 11.1 Å². The molecule has 1 aromatic heterocycles. The molecule has 6 heteroatoms. The Balaban J connectivity index is 1.44. The predicted octanol–water partition coefficient (Wildman–Crippen LogP) is 5.09. The number of carbonyl (C=O) groups excluding carboxylic acids is 1. The van der Waals surface area contributed by atoms with Gasteiger partial charge >= 0.3 is 0 Å². The lowest BCUT2D eigenvalue weighted by Crippen LogP contribution is -2.27. The summed E-state index contributed by atoms with van der Waals surface area (Å²) in [6.07, 6.45) is 1.61. The van der Waals surface area contributed by atoms with Crippen LogP contribution < -0.4 is 15.6 Å². The van der Waals surface area contributed by atoms with E-state index in [1.807, 2.05) is 30.3 Å². The van der Waals surface area contributed by atoms with E-state index in [1.165, 1.54) is 4.57 Å². The number of amides is 1. The van der Waals surface area contributed by atoms with Crippen molar-refractivity contribution >= 4 is 34.0 Å². The smallest absolute Gasteiger partial charge is 0.258 e. The van der Waals surface area contributed by atoms with Crippen molar-refractivity contribution in [3.05, 3.63) is 100 Å². The van der Waals surface area contributed by atoms with Crippen molar-refractivity contribution in [2.24, 2.45) is 0 Å². The summed E-state index contributed by atoms with van der Waals surface area (Å²) in [5.41, 5.74) is 0.360. The van der Waals surface area contributed by atoms with E-state index in [1.54, 1.807) is 54.7 Å². The molecular weight excluding hydrogens is 388 g/mol. The van der Waals surface area contributed by atoms with E-state index in [2.05, 4.69) is 5.32 Å². The summed E-state index contributed by atoms with van der Waals surface area (Å²) in [6, 6.07) is 23.4. The van der Waals surface area contributed by atoms with Gasteiger partial charge in [-0.05, 0) is 60.0 Å². The predicted molar refractivity (Wildman–Crippen MR) is 115 cm³/mol. The maximum atomic E-state index is 12.6. The highest BCUT2D eigenvalue weighted by atomic mass is 35.5. The van der Waals surface area contributed by atoms with E-state index in [9.17, 15) is 9.59 Å². The zero-order valence-corrected chi connectivity index (χ0v) is 16.1. The number of carbonyl (C=O) groups is 1. The number of nitrogens with zero attached hydrogens (tertiary/aromatic N) is 1. The summed E-state index contributed by atoms with van der Waals surface area (Å²) in [4.78, 5) is 25.0. The molecule has 0 aliphatic rings. The third kappa shape index (κ3) is 4.47. The van der Waals surface area contributed by atoms with Crippen LogP contribution in [0.3, 0.4) is 0 Å². The molecule has 0 saturated heterocycles. The lowest BCUT2D eigenvalue weighted by molar-refractivity contribution is -0.116. The highest BCUT2D eigenvalue weighted by Gasteiger charge is 2.08. The second kappa shape index (κ2) is 8.20. The van der Waals surface area contributed by atoms with Crippen molar-refractivity contribution in [3.8, 4) is 11.5 Å². The molecular formula is C23H17ClN2O3. The topological polar surface area (TPSA) is 60.3 Å². The number of aromatic nitrogens is 1. The van der Waals surface area contributed by atoms with Gasteiger partial charge < -0.3 is 14.6 Å². The molecule has 29 heavy (non-hydrogen) atoms. The van der Waals surface area contributed by atoms with Crippen LogP contribution >= 0.6 is 11.6 Å². The van der Waals surface area contributed by atoms with Gasteiger partial charge in [0, 0.05) is 22.3 Å². The number of para-hydroxylation sites is 1. The molecule has 1 N–H and O–H groups in total. The minimum atomic E-state index is -0.301. The fraction of sp³-hybridized carbons (Fsp3) is 0.0435. The molecule has 0 aliphatic carbocycles. The zero-order valence-electron chi connectivity index (χ0n) is 15.3. The van der Waals surface area contributed by atoms with Crippen molar-refractivity contribution in [3.63, 3.8) is 0 Å². The van der Waals surface area contributed by atoms with Crippen LogP contribution in [0.25, 0.3) is 10.8 Å². The van der Waals surface area contributed by atoms with Crippen molar-refractivity contribution < 1.29 is 9.53 Å². The van der Waals surface area contributed by atoms with Gasteiger partial charge in [0.1, 0.15) is 18.0 Å². The largest absolute Gasteiger partial charge is 0.457 e. The lowest BCUT2D eigenvalue weighted by atomic mass is 10.2. The Kier molecular flexibility index (Phi) is 5.31. The second-order valence-corrected chi connectivity index (χ2v) is 6.90. The fourth-order valence-electron chi connectivity index (χ4n) is 2.96. The molecule has 0 saturated carbocycles. The number of benzene rings is 3. The van der Waals surface area contributed by atoms with Gasteiger partial charge in [-0.15, -0.1) is 0 Å². The molecule has 0 radical (unpaired) electrons. The lowest BCUT2D eigenvalue weighted by Gasteiger charge is -2.10. The van der Waals surface area contributed by atoms with Crippen molar-refractivity contribution in [2.75, 3.05) is 5.32 Å². The van der Waals surface area contributed by atoms with Crippen LogP contribution in [0.2, 0.25) is 5.02 Å². The standard InChI is InChI=1S/C23H17ClN2O3/c24-17-7-6-16-12-13-26(23(28)21(16)14-17)15-22(27)25-18-8-10-20(11-9-18)29-19-4-2-1-3-5-19/h1-14H,15H2,(H,25,27). The van der Waals surface area contributed by atoms with Gasteiger partial charge in [-0.2, -0.15) is 0 Å². The van der Waals surface area contributed by atoms with Crippen LogP contribution in [0.5, 0.6) is 11.5 Å². The molecule has 0 fully saturated rings. The van der Waals surface area contributed by atoms with Crippen LogP contribution in [0.1, 0.15) is 0 Å². The van der Waals surface area contributed by atoms with E-state index in [-0.39, 0.29) is 18.0 Å². The van der Waals surface area contributed by atoms with Crippen molar-refractivity contribution in [1.29, 1.82) is 0 Å². The van der Waals surface area contributed by atoms with E-state index in [4.69, 9.17) is 16.3 Å². The SMILES string of the molecule is O=C(Cn1ccc2ccc(Cl)cc2c1=O)Nc1ccc(Oc2ccccc2)cc1. The van der Waals surface area contributed by atoms with Crippen molar-refractivity contribution in [2.45, 2.75) is 6.54 Å². The van der Waals surface area contributed by atoms with Crippen molar-refractivity contribution in [1.82, 2.24) is 4.57 Å². The Morgan fingerprint density at radius 3 is 2.41 bits per heavy atom. The molecule has 4 rings (SSSR count). The Hall–Kier alpha value is -3.57. The van der Waals surface area contributed by atoms with Gasteiger partial charge in [0.05, 0.1) is 0 Å². The molecule has 0 spiro atoms. The van der Waals surface area contributed by atoms with Gasteiger partial charge in [-0.3, -0.25) is 9.59 Å². The average Bonchev–Trinajstić information content (AvgIpc) is 2.73. The van der Waals surface area contributed by atoms with Gasteiger partial charge in [0.2, 0.25) is 5.91 Å². The first-order chi connectivity index (χ1) is 14.1. The monoisotopic (exact) mass is 404 g/mol. The number of pyridine rings is 1. The number of fused-ring (bicyclic) bond motifs is 1. The molecule has 0 aliphatic heterocycles. The molecule has 0 unspecified atom stereocenters. The molecule has 4 aromatic rings. The Bertz CT molecular complexity index is 1220. The summed E-state index contributed by atoms with van der Waals surface area (Å²) in [7, 11) is 0. The van der Waals surface area contributed by atoms with E-state index < -0.39 is 0 Å². The van der Waals surface area contributed by atoms with E-state index >= 15 is 0 Å². The van der Waals surface area contributed by atoms with E-state index in [0.29, 0.717) is 21.8 Å². The zero-order chi connectivity index (χ0) is 20.2. The Morgan fingerprint density at radius 2 is 1.66 bits per heavy atom. The highest BCUT2D eigenvalue weighted by molar-refractivity contribution is 6.31. The first-order valence-corrected chi connectivity index (χ1v) is 9.38. The average molecular weight is 405 g/mol. The number of anilines is 1. The van der Waals surface area contributed by atoms with Crippen LogP contribution in [-0.4, -0.2) is 10.5 Å². The van der Waals surface area contributed by atoms with Crippen LogP contribution in [0.15, 0.2) is 89.9 Å². The van der Waals surface area contributed by atoms with Crippen LogP contribution in [0.4, 0.5) is 5.69 Å². The highest BCUT2D eigenvalue weighted by Crippen LogP contribution is 2.22. The second-order valence-electron chi connectivity index (χ2n) is 6.47. The first kappa shape index (κ1) is 18.8. The van der Waals surface area contributed by atoms with Crippen LogP contribution in [-0.2, 0) is 11.3 Å². The number of rotatable bonds is 5. The number of ether oxygens (including phenoxy) is 1. The number of hydrogen-bond donors (Lipinski definition) is 1. The number of hydrogen-bond acceptors (Lipinski definition) is 3. The summed E-state index contributed by atoms with van der Waals surface area (Å²) in [5, 5.41) is 4.53. The third-order valence-electron chi connectivity index (χ3n) is 4.37. The van der Waals surface area contributed by atoms with Gasteiger partial charge in [0.25, 0.3) is 5.56 Å². The molecule has 144 valence electrons. The minimum Gasteiger partial charge on any atom is -0.457 e. The Labute approximate surface area is 172 Å². The van der Waals surface area contributed by atoms with Crippen LogP contribution in [0, 0.1) is 0 Å². The maximum Gasteiger partial charge on any atom is 0.258 e. The normalized spacial score (nSPS) is 10.7. The molecule has 0 bridgehead atoms. The quantitative estimate of drug-likeness (QED) is 0.504. The summed E-state index contributed by atoms with van der Waals surface area (Å²) >= 11 is 5.98. The molecule has 5 nitrogen and oxygen atoms in total. The minimum absolute atomic E-state index is 0.0937. The molecule has 1 amide bonds. The third-order valence-corrected chi connectivity index (χ3v) is 4.61. The van der Waals surface area contributed by atoms with Gasteiger partial charge in [0.15, 0.2) is 0 Å². The number of nitrogens with one attached hydrogen (secondary N) is 1. The molecule has 3 aromatic carbocycles.